The first-order valence-electron chi connectivity index (χ1n) is 11.4. The van der Waals surface area contributed by atoms with Gasteiger partial charge >= 0.3 is 6.18 Å². The summed E-state index contributed by atoms with van der Waals surface area (Å²) >= 11 is 0. The van der Waals surface area contributed by atoms with E-state index in [4.69, 9.17) is 4.74 Å². The lowest BCUT2D eigenvalue weighted by molar-refractivity contribution is -0.137. The van der Waals surface area contributed by atoms with Gasteiger partial charge in [0, 0.05) is 18.1 Å². The fourth-order valence-corrected chi connectivity index (χ4v) is 5.14. The first kappa shape index (κ1) is 24.1. The standard InChI is InChI=1S/C25H28F3N3O3/c1-34-22-12-5-2-9-19(22)24(33)29-16-13-17-7-6-8-18(14-16)31(17)15-23(32)30-21-11-4-3-10-20(21)25(26,27)28/h2-5,9-12,16-18H,6-8,13-15H2,1H3,(H,29,33)(H,30,32). The molecule has 9 heteroatoms. The topological polar surface area (TPSA) is 70.7 Å². The molecule has 2 bridgehead atoms. The number of nitrogens with zero attached hydrogens (tertiary/aromatic N) is 1. The van der Waals surface area contributed by atoms with E-state index in [0.717, 1.165) is 25.3 Å². The van der Waals surface area contributed by atoms with Crippen LogP contribution < -0.4 is 15.4 Å². The molecule has 2 N–H and O–H groups in total. The van der Waals surface area contributed by atoms with E-state index < -0.39 is 17.6 Å². The maximum absolute atomic E-state index is 13.3. The molecule has 2 aliphatic heterocycles. The van der Waals surface area contributed by atoms with Crippen molar-refractivity contribution in [3.63, 3.8) is 0 Å². The van der Waals surface area contributed by atoms with Crippen molar-refractivity contribution in [1.29, 1.82) is 0 Å². The molecule has 2 fully saturated rings. The molecule has 2 aromatic carbocycles. The number of alkyl halides is 3. The smallest absolute Gasteiger partial charge is 0.418 e. The molecule has 0 aromatic heterocycles. The number of benzene rings is 2. The van der Waals surface area contributed by atoms with Gasteiger partial charge in [-0.2, -0.15) is 13.2 Å². The third-order valence-corrected chi connectivity index (χ3v) is 6.65. The summed E-state index contributed by atoms with van der Waals surface area (Å²) in [4.78, 5) is 27.6. The van der Waals surface area contributed by atoms with Gasteiger partial charge < -0.3 is 15.4 Å². The van der Waals surface area contributed by atoms with E-state index in [1.165, 1.54) is 25.3 Å². The highest BCUT2D eigenvalue weighted by Gasteiger charge is 2.40. The van der Waals surface area contributed by atoms with E-state index in [1.807, 2.05) is 0 Å². The van der Waals surface area contributed by atoms with Crippen LogP contribution in [0.3, 0.4) is 0 Å². The Morgan fingerprint density at radius 2 is 1.68 bits per heavy atom. The highest BCUT2D eigenvalue weighted by molar-refractivity contribution is 5.97. The second-order valence-electron chi connectivity index (χ2n) is 8.84. The van der Waals surface area contributed by atoms with E-state index in [9.17, 15) is 22.8 Å². The summed E-state index contributed by atoms with van der Waals surface area (Å²) in [7, 11) is 1.52. The number of hydrogen-bond acceptors (Lipinski definition) is 4. The van der Waals surface area contributed by atoms with Gasteiger partial charge in [0.2, 0.25) is 5.91 Å². The number of ether oxygens (including phenoxy) is 1. The van der Waals surface area contributed by atoms with Crippen molar-refractivity contribution in [3.05, 3.63) is 59.7 Å². The number of piperidine rings is 2. The molecule has 0 radical (unpaired) electrons. The van der Waals surface area contributed by atoms with Gasteiger partial charge in [-0.15, -0.1) is 0 Å². The third-order valence-electron chi connectivity index (χ3n) is 6.65. The minimum Gasteiger partial charge on any atom is -0.496 e. The van der Waals surface area contributed by atoms with Crippen LogP contribution in [-0.2, 0) is 11.0 Å². The molecule has 4 rings (SSSR count). The molecular weight excluding hydrogens is 447 g/mol. The molecule has 2 atom stereocenters. The molecule has 2 heterocycles. The highest BCUT2D eigenvalue weighted by Crippen LogP contribution is 2.36. The molecule has 2 amide bonds. The number of halogens is 3. The van der Waals surface area contributed by atoms with Gasteiger partial charge in [-0.3, -0.25) is 14.5 Å². The monoisotopic (exact) mass is 475 g/mol. The average Bonchev–Trinajstić information content (AvgIpc) is 2.79. The Kier molecular flexibility index (Phi) is 7.11. The van der Waals surface area contributed by atoms with Crippen LogP contribution >= 0.6 is 0 Å². The first-order chi connectivity index (χ1) is 16.3. The number of nitrogens with one attached hydrogen (secondary N) is 2. The number of anilines is 1. The maximum Gasteiger partial charge on any atom is 0.418 e. The fourth-order valence-electron chi connectivity index (χ4n) is 5.14. The van der Waals surface area contributed by atoms with Gasteiger partial charge in [0.05, 0.1) is 30.5 Å². The summed E-state index contributed by atoms with van der Waals surface area (Å²) in [6.45, 7) is 0.0225. The van der Waals surface area contributed by atoms with Crippen molar-refractivity contribution >= 4 is 17.5 Å². The van der Waals surface area contributed by atoms with Gasteiger partial charge in [0.25, 0.3) is 5.91 Å². The number of carbonyl (C=O) groups excluding carboxylic acids is 2. The van der Waals surface area contributed by atoms with Crippen LogP contribution in [0.4, 0.5) is 18.9 Å². The van der Waals surface area contributed by atoms with Crippen molar-refractivity contribution < 1.29 is 27.5 Å². The lowest BCUT2D eigenvalue weighted by Crippen LogP contribution is -2.58. The fraction of sp³-hybridized carbons (Fsp3) is 0.440. The van der Waals surface area contributed by atoms with Crippen LogP contribution in [0.1, 0.15) is 48.0 Å². The van der Waals surface area contributed by atoms with Crippen LogP contribution in [0, 0.1) is 0 Å². The molecule has 182 valence electrons. The zero-order valence-corrected chi connectivity index (χ0v) is 18.9. The Labute approximate surface area is 196 Å². The maximum atomic E-state index is 13.3. The summed E-state index contributed by atoms with van der Waals surface area (Å²) in [5.74, 6) is -0.158. The number of rotatable bonds is 6. The summed E-state index contributed by atoms with van der Waals surface area (Å²) in [5.41, 5.74) is -0.620. The molecular formula is C25H28F3N3O3. The largest absolute Gasteiger partial charge is 0.496 e. The predicted molar refractivity (Wildman–Crippen MR) is 122 cm³/mol. The molecule has 2 aliphatic rings. The summed E-state index contributed by atoms with van der Waals surface area (Å²) in [6.07, 6.45) is -0.391. The van der Waals surface area contributed by atoms with Crippen molar-refractivity contribution in [1.82, 2.24) is 10.2 Å². The van der Waals surface area contributed by atoms with Crippen molar-refractivity contribution in [2.75, 3.05) is 19.0 Å². The second-order valence-corrected chi connectivity index (χ2v) is 8.84. The Morgan fingerprint density at radius 1 is 1.03 bits per heavy atom. The number of para-hydroxylation sites is 2. The minimum absolute atomic E-state index is 0.0225. The number of carbonyl (C=O) groups is 2. The zero-order chi connectivity index (χ0) is 24.3. The molecule has 0 aliphatic carbocycles. The van der Waals surface area contributed by atoms with Crippen molar-refractivity contribution in [3.8, 4) is 5.75 Å². The van der Waals surface area contributed by atoms with Gasteiger partial charge in [-0.25, -0.2) is 0 Å². The summed E-state index contributed by atoms with van der Waals surface area (Å²) < 4.78 is 45.1. The zero-order valence-electron chi connectivity index (χ0n) is 18.9. The number of amides is 2. The van der Waals surface area contributed by atoms with Gasteiger partial charge in [0.1, 0.15) is 5.75 Å². The van der Waals surface area contributed by atoms with E-state index in [0.29, 0.717) is 24.2 Å². The van der Waals surface area contributed by atoms with Gasteiger partial charge in [-0.1, -0.05) is 30.7 Å². The number of hydrogen-bond donors (Lipinski definition) is 2. The lowest BCUT2D eigenvalue weighted by atomic mass is 9.81. The van der Waals surface area contributed by atoms with Gasteiger partial charge in [0.15, 0.2) is 0 Å². The Hall–Kier alpha value is -3.07. The normalized spacial score (nSPS) is 22.6. The minimum atomic E-state index is -4.54. The average molecular weight is 476 g/mol. The van der Waals surface area contributed by atoms with E-state index in [-0.39, 0.29) is 36.3 Å². The molecule has 34 heavy (non-hydrogen) atoms. The Morgan fingerprint density at radius 3 is 2.35 bits per heavy atom. The van der Waals surface area contributed by atoms with E-state index in [2.05, 4.69) is 15.5 Å². The first-order valence-corrected chi connectivity index (χ1v) is 11.4. The van der Waals surface area contributed by atoms with Crippen LogP contribution in [0.5, 0.6) is 5.75 Å². The molecule has 0 spiro atoms. The molecule has 6 nitrogen and oxygen atoms in total. The van der Waals surface area contributed by atoms with E-state index in [1.54, 1.807) is 24.3 Å². The van der Waals surface area contributed by atoms with E-state index >= 15 is 0 Å². The van der Waals surface area contributed by atoms with Crippen molar-refractivity contribution in [2.24, 2.45) is 0 Å². The molecule has 0 saturated carbocycles. The number of fused-ring (bicyclic) bond motifs is 2. The molecule has 2 aromatic rings. The Balaban J connectivity index is 1.40. The van der Waals surface area contributed by atoms with Crippen LogP contribution in [0.25, 0.3) is 0 Å². The Bertz CT molecular complexity index is 1030. The quantitative estimate of drug-likeness (QED) is 0.647. The summed E-state index contributed by atoms with van der Waals surface area (Å²) in [6, 6.07) is 12.1. The number of methoxy groups -OCH3 is 1. The molecule has 2 saturated heterocycles. The van der Waals surface area contributed by atoms with Crippen LogP contribution in [0.15, 0.2) is 48.5 Å². The van der Waals surface area contributed by atoms with Crippen LogP contribution in [0.2, 0.25) is 0 Å². The van der Waals surface area contributed by atoms with Gasteiger partial charge in [-0.05, 0) is 49.9 Å². The second kappa shape index (κ2) is 10.0. The third kappa shape index (κ3) is 5.35. The highest BCUT2D eigenvalue weighted by atomic mass is 19.4. The van der Waals surface area contributed by atoms with Crippen molar-refractivity contribution in [2.45, 2.75) is 56.4 Å². The lowest BCUT2D eigenvalue weighted by Gasteiger charge is -2.48. The summed E-state index contributed by atoms with van der Waals surface area (Å²) in [5, 5.41) is 5.55. The SMILES string of the molecule is COc1ccccc1C(=O)NC1CC2CCCC(C1)N2CC(=O)Nc1ccccc1C(F)(F)F. The predicted octanol–water partition coefficient (Wildman–Crippen LogP) is 4.47. The molecule has 2 unspecified atom stereocenters. The van der Waals surface area contributed by atoms with Crippen LogP contribution in [-0.4, -0.2) is 48.5 Å².